The number of rotatable bonds is 3. The molecular weight excluding hydrogens is 194 g/mol. The number of nitrogen functional groups attached to an aromatic ring is 1. The van der Waals surface area contributed by atoms with Gasteiger partial charge in [0.05, 0.1) is 12.8 Å². The molecule has 1 fully saturated rings. The first-order chi connectivity index (χ1) is 7.13. The van der Waals surface area contributed by atoms with Gasteiger partial charge in [-0.1, -0.05) is 0 Å². The Morgan fingerprint density at radius 2 is 2.40 bits per heavy atom. The summed E-state index contributed by atoms with van der Waals surface area (Å²) in [4.78, 5) is 11.3. The molecule has 2 rings (SSSR count). The van der Waals surface area contributed by atoms with Crippen molar-refractivity contribution in [2.45, 2.75) is 31.7 Å². The molecule has 1 aliphatic carbocycles. The van der Waals surface area contributed by atoms with Gasteiger partial charge in [0.15, 0.2) is 0 Å². The lowest BCUT2D eigenvalue weighted by molar-refractivity contribution is -0.144. The van der Waals surface area contributed by atoms with Gasteiger partial charge in [-0.25, -0.2) is 9.48 Å². The molecule has 0 spiro atoms. The average Bonchev–Trinajstić information content (AvgIpc) is 3.00. The normalized spacial score (nSPS) is 17.5. The molecule has 1 aliphatic rings. The Morgan fingerprint density at radius 3 is 2.93 bits per heavy atom. The molecule has 1 atom stereocenters. The summed E-state index contributed by atoms with van der Waals surface area (Å²) >= 11 is 0. The summed E-state index contributed by atoms with van der Waals surface area (Å²) in [7, 11) is 1.36. The summed E-state index contributed by atoms with van der Waals surface area (Å²) in [6.45, 7) is 1.73. The highest BCUT2D eigenvalue weighted by molar-refractivity contribution is 5.74. The predicted molar refractivity (Wildman–Crippen MR) is 55.3 cm³/mol. The summed E-state index contributed by atoms with van der Waals surface area (Å²) in [5.74, 6) is 0.736. The SMILES string of the molecule is COC(=O)C(C)n1nc(C2CC2)cc1N. The number of nitrogens with zero attached hydrogens (tertiary/aromatic N) is 2. The molecule has 0 radical (unpaired) electrons. The Morgan fingerprint density at radius 1 is 1.73 bits per heavy atom. The number of carbonyl (C=O) groups excluding carboxylic acids is 1. The highest BCUT2D eigenvalue weighted by Crippen LogP contribution is 2.40. The maximum Gasteiger partial charge on any atom is 0.330 e. The van der Waals surface area contributed by atoms with Gasteiger partial charge < -0.3 is 10.5 Å². The Hall–Kier alpha value is -1.52. The number of ether oxygens (including phenoxy) is 1. The lowest BCUT2D eigenvalue weighted by atomic mass is 10.3. The van der Waals surface area contributed by atoms with Crippen molar-refractivity contribution in [1.82, 2.24) is 9.78 Å². The first-order valence-corrected chi connectivity index (χ1v) is 5.06. The van der Waals surface area contributed by atoms with Crippen molar-refractivity contribution in [1.29, 1.82) is 0 Å². The van der Waals surface area contributed by atoms with Crippen molar-refractivity contribution in [2.24, 2.45) is 0 Å². The molecule has 1 unspecified atom stereocenters. The fourth-order valence-electron chi connectivity index (χ4n) is 1.59. The third-order valence-electron chi connectivity index (χ3n) is 2.69. The van der Waals surface area contributed by atoms with Crippen LogP contribution in [0.1, 0.15) is 37.4 Å². The Labute approximate surface area is 88.2 Å². The first-order valence-electron chi connectivity index (χ1n) is 5.06. The van der Waals surface area contributed by atoms with E-state index in [9.17, 15) is 4.79 Å². The van der Waals surface area contributed by atoms with Crippen LogP contribution < -0.4 is 5.73 Å². The second-order valence-electron chi connectivity index (χ2n) is 3.91. The summed E-state index contributed by atoms with van der Waals surface area (Å²) in [6, 6.07) is 1.39. The minimum atomic E-state index is -0.456. The number of methoxy groups -OCH3 is 1. The van der Waals surface area contributed by atoms with E-state index in [2.05, 4.69) is 9.84 Å². The standard InChI is InChI=1S/C10H15N3O2/c1-6(10(14)15-2)13-9(11)5-8(12-13)7-3-4-7/h5-7H,3-4,11H2,1-2H3. The molecule has 0 aromatic carbocycles. The van der Waals surface area contributed by atoms with Gasteiger partial charge in [-0.3, -0.25) is 0 Å². The van der Waals surface area contributed by atoms with Crippen LogP contribution in [0.4, 0.5) is 5.82 Å². The predicted octanol–water partition coefficient (Wildman–Crippen LogP) is 1.08. The van der Waals surface area contributed by atoms with Gasteiger partial charge in [0.2, 0.25) is 0 Å². The Bertz CT molecular complexity index is 382. The number of hydrogen-bond donors (Lipinski definition) is 1. The number of anilines is 1. The molecule has 0 saturated heterocycles. The van der Waals surface area contributed by atoms with Crippen molar-refractivity contribution in [3.8, 4) is 0 Å². The summed E-state index contributed by atoms with van der Waals surface area (Å²) < 4.78 is 6.18. The molecule has 82 valence electrons. The minimum absolute atomic E-state index is 0.327. The summed E-state index contributed by atoms with van der Waals surface area (Å²) in [5.41, 5.74) is 6.78. The zero-order valence-electron chi connectivity index (χ0n) is 8.93. The number of hydrogen-bond acceptors (Lipinski definition) is 4. The lowest BCUT2D eigenvalue weighted by Crippen LogP contribution is -2.20. The minimum Gasteiger partial charge on any atom is -0.467 e. The number of aromatic nitrogens is 2. The van der Waals surface area contributed by atoms with Crippen LogP contribution in [0.3, 0.4) is 0 Å². The van der Waals surface area contributed by atoms with E-state index < -0.39 is 6.04 Å². The maximum atomic E-state index is 11.3. The van der Waals surface area contributed by atoms with E-state index in [0.717, 1.165) is 5.69 Å². The third-order valence-corrected chi connectivity index (χ3v) is 2.69. The van der Waals surface area contributed by atoms with Crippen molar-refractivity contribution in [3.63, 3.8) is 0 Å². The zero-order chi connectivity index (χ0) is 11.0. The summed E-state index contributed by atoms with van der Waals surface area (Å²) in [5, 5.41) is 4.33. The Balaban J connectivity index is 2.22. The molecule has 2 N–H and O–H groups in total. The van der Waals surface area contributed by atoms with Crippen LogP contribution >= 0.6 is 0 Å². The number of esters is 1. The topological polar surface area (TPSA) is 70.1 Å². The quantitative estimate of drug-likeness (QED) is 0.756. The van der Waals surface area contributed by atoms with Gasteiger partial charge in [0.1, 0.15) is 11.9 Å². The molecule has 0 aliphatic heterocycles. The van der Waals surface area contributed by atoms with Crippen LogP contribution in [0.2, 0.25) is 0 Å². The largest absolute Gasteiger partial charge is 0.467 e. The molecule has 15 heavy (non-hydrogen) atoms. The molecule has 1 heterocycles. The summed E-state index contributed by atoms with van der Waals surface area (Å²) in [6.07, 6.45) is 2.34. The van der Waals surface area contributed by atoms with Gasteiger partial charge in [-0.2, -0.15) is 5.10 Å². The van der Waals surface area contributed by atoms with Crippen LogP contribution in [-0.4, -0.2) is 22.9 Å². The molecule has 0 amide bonds. The zero-order valence-corrected chi connectivity index (χ0v) is 8.93. The molecule has 5 nitrogen and oxygen atoms in total. The van der Waals surface area contributed by atoms with Crippen molar-refractivity contribution in [2.75, 3.05) is 12.8 Å². The van der Waals surface area contributed by atoms with E-state index in [1.165, 1.54) is 24.6 Å². The van der Waals surface area contributed by atoms with E-state index in [-0.39, 0.29) is 5.97 Å². The van der Waals surface area contributed by atoms with Crippen molar-refractivity contribution >= 4 is 11.8 Å². The fourth-order valence-corrected chi connectivity index (χ4v) is 1.59. The van der Waals surface area contributed by atoms with Crippen LogP contribution in [-0.2, 0) is 9.53 Å². The molecular formula is C10H15N3O2. The van der Waals surface area contributed by atoms with E-state index >= 15 is 0 Å². The first kappa shape index (κ1) is 10.0. The molecule has 1 saturated carbocycles. The van der Waals surface area contributed by atoms with Crippen LogP contribution in [0.5, 0.6) is 0 Å². The van der Waals surface area contributed by atoms with E-state index in [1.54, 1.807) is 6.92 Å². The van der Waals surface area contributed by atoms with Gasteiger partial charge >= 0.3 is 5.97 Å². The maximum absolute atomic E-state index is 11.3. The monoisotopic (exact) mass is 209 g/mol. The molecule has 1 aromatic heterocycles. The van der Waals surface area contributed by atoms with Crippen molar-refractivity contribution in [3.05, 3.63) is 11.8 Å². The third kappa shape index (κ3) is 1.82. The van der Waals surface area contributed by atoms with Crippen LogP contribution in [0.15, 0.2) is 6.07 Å². The van der Waals surface area contributed by atoms with Gasteiger partial charge in [-0.15, -0.1) is 0 Å². The van der Waals surface area contributed by atoms with Crippen LogP contribution in [0, 0.1) is 0 Å². The molecule has 1 aromatic rings. The Kier molecular flexibility index (Phi) is 2.38. The smallest absolute Gasteiger partial charge is 0.330 e. The van der Waals surface area contributed by atoms with Gasteiger partial charge in [0.25, 0.3) is 0 Å². The van der Waals surface area contributed by atoms with E-state index in [4.69, 9.17) is 5.73 Å². The van der Waals surface area contributed by atoms with Gasteiger partial charge in [-0.05, 0) is 19.8 Å². The van der Waals surface area contributed by atoms with Gasteiger partial charge in [0, 0.05) is 12.0 Å². The average molecular weight is 209 g/mol. The van der Waals surface area contributed by atoms with E-state index in [1.807, 2.05) is 6.07 Å². The van der Waals surface area contributed by atoms with Crippen molar-refractivity contribution < 1.29 is 9.53 Å². The molecule has 0 bridgehead atoms. The van der Waals surface area contributed by atoms with E-state index in [0.29, 0.717) is 11.7 Å². The highest BCUT2D eigenvalue weighted by Gasteiger charge is 2.28. The second kappa shape index (κ2) is 3.56. The lowest BCUT2D eigenvalue weighted by Gasteiger charge is -2.10. The number of nitrogens with two attached hydrogens (primary N) is 1. The second-order valence-corrected chi connectivity index (χ2v) is 3.91. The number of carbonyl (C=O) groups is 1. The highest BCUT2D eigenvalue weighted by atomic mass is 16.5. The molecule has 5 heteroatoms. The fraction of sp³-hybridized carbons (Fsp3) is 0.600. The van der Waals surface area contributed by atoms with Crippen LogP contribution in [0.25, 0.3) is 0 Å².